The van der Waals surface area contributed by atoms with Crippen LogP contribution in [0.3, 0.4) is 0 Å². The van der Waals surface area contributed by atoms with Crippen LogP contribution in [0.25, 0.3) is 0 Å². The highest BCUT2D eigenvalue weighted by Crippen LogP contribution is 2.77. The van der Waals surface area contributed by atoms with Gasteiger partial charge in [-0.25, -0.2) is 0 Å². The molecule has 76 valence electrons. The van der Waals surface area contributed by atoms with E-state index in [2.05, 4.69) is 32.9 Å². The van der Waals surface area contributed by atoms with Gasteiger partial charge in [0, 0.05) is 10.8 Å². The molecule has 14 heavy (non-hydrogen) atoms. The van der Waals surface area contributed by atoms with Crippen molar-refractivity contribution in [1.29, 1.82) is 0 Å². The molecule has 0 spiro atoms. The maximum Gasteiger partial charge on any atom is 0.134 e. The number of benzene rings is 1. The average molecular weight is 229 g/mol. The van der Waals surface area contributed by atoms with Crippen LogP contribution in [0.4, 0.5) is 0 Å². The molecule has 0 N–H and O–H groups in total. The summed E-state index contributed by atoms with van der Waals surface area (Å²) >= 11 is 12.7. The minimum atomic E-state index is -0.651. The summed E-state index contributed by atoms with van der Waals surface area (Å²) in [7, 11) is 0. The van der Waals surface area contributed by atoms with Crippen molar-refractivity contribution in [3.05, 3.63) is 35.9 Å². The van der Waals surface area contributed by atoms with Crippen LogP contribution in [0.15, 0.2) is 30.3 Å². The molecule has 0 heterocycles. The Kier molecular flexibility index (Phi) is 1.97. The van der Waals surface area contributed by atoms with E-state index in [4.69, 9.17) is 23.2 Å². The summed E-state index contributed by atoms with van der Waals surface area (Å²) in [5, 5.41) is 0. The van der Waals surface area contributed by atoms with Crippen molar-refractivity contribution in [1.82, 2.24) is 0 Å². The average Bonchev–Trinajstić information content (AvgIpc) is 2.47. The molecule has 2 rings (SSSR count). The van der Waals surface area contributed by atoms with Gasteiger partial charge >= 0.3 is 0 Å². The normalized spacial score (nSPS) is 32.6. The molecule has 0 saturated heterocycles. The van der Waals surface area contributed by atoms with E-state index in [1.165, 1.54) is 5.56 Å². The second-order valence-corrected chi connectivity index (χ2v) is 6.02. The zero-order valence-electron chi connectivity index (χ0n) is 8.64. The predicted octanol–water partition coefficient (Wildman–Crippen LogP) is 4.16. The van der Waals surface area contributed by atoms with Gasteiger partial charge in [-0.3, -0.25) is 0 Å². The lowest BCUT2D eigenvalue weighted by Gasteiger charge is -2.13. The molecule has 0 nitrogen and oxygen atoms in total. The summed E-state index contributed by atoms with van der Waals surface area (Å²) in [6.07, 6.45) is 0. The molecular formula is C12H14Cl2. The second-order valence-electron chi connectivity index (χ2n) is 4.69. The third kappa shape index (κ3) is 0.914. The summed E-state index contributed by atoms with van der Waals surface area (Å²) in [5.74, 6) is 0. The minimum Gasteiger partial charge on any atom is -0.100 e. The highest BCUT2D eigenvalue weighted by molar-refractivity contribution is 6.53. The quantitative estimate of drug-likeness (QED) is 0.634. The van der Waals surface area contributed by atoms with Crippen molar-refractivity contribution in [2.45, 2.75) is 30.5 Å². The van der Waals surface area contributed by atoms with Crippen molar-refractivity contribution in [3.8, 4) is 0 Å². The van der Waals surface area contributed by atoms with Crippen molar-refractivity contribution in [2.75, 3.05) is 0 Å². The molecule has 1 unspecified atom stereocenters. The fourth-order valence-corrected chi connectivity index (χ4v) is 3.26. The standard InChI is InChI=1S/C12H14Cl2/c1-10(2)11(3,12(10,13)14)9-7-5-4-6-8-9/h4-8H,1-3H3. The number of rotatable bonds is 1. The van der Waals surface area contributed by atoms with Crippen LogP contribution in [0.1, 0.15) is 26.3 Å². The fraction of sp³-hybridized carbons (Fsp3) is 0.500. The summed E-state index contributed by atoms with van der Waals surface area (Å²) in [5.41, 5.74) is 1.02. The van der Waals surface area contributed by atoms with Crippen LogP contribution >= 0.6 is 23.2 Å². The molecule has 0 amide bonds. The van der Waals surface area contributed by atoms with E-state index in [0.717, 1.165) is 0 Å². The SMILES string of the molecule is CC1(C)C(Cl)(Cl)C1(C)c1ccccc1. The summed E-state index contributed by atoms with van der Waals surface area (Å²) in [6.45, 7) is 6.35. The molecule has 1 saturated carbocycles. The Bertz CT molecular complexity index is 338. The first kappa shape index (κ1) is 10.3. The van der Waals surface area contributed by atoms with Gasteiger partial charge in [0.25, 0.3) is 0 Å². The number of halogens is 2. The smallest absolute Gasteiger partial charge is 0.100 e. The van der Waals surface area contributed by atoms with Gasteiger partial charge in [0.05, 0.1) is 0 Å². The Balaban J connectivity index is 2.48. The third-order valence-electron chi connectivity index (χ3n) is 3.95. The van der Waals surface area contributed by atoms with E-state index in [1.807, 2.05) is 18.2 Å². The van der Waals surface area contributed by atoms with Gasteiger partial charge in [0.15, 0.2) is 0 Å². The molecule has 1 aromatic rings. The highest BCUT2D eigenvalue weighted by Gasteiger charge is 2.79. The molecule has 1 atom stereocenters. The maximum atomic E-state index is 6.34. The molecule has 0 aromatic heterocycles. The predicted molar refractivity (Wildman–Crippen MR) is 62.0 cm³/mol. The minimum absolute atomic E-state index is 0.0650. The molecule has 0 aliphatic heterocycles. The largest absolute Gasteiger partial charge is 0.134 e. The van der Waals surface area contributed by atoms with Gasteiger partial charge in [-0.2, -0.15) is 0 Å². The second kappa shape index (κ2) is 2.68. The van der Waals surface area contributed by atoms with Crippen molar-refractivity contribution < 1.29 is 0 Å². The molecule has 1 aliphatic rings. The Morgan fingerprint density at radius 2 is 1.36 bits per heavy atom. The first-order chi connectivity index (χ1) is 6.36. The van der Waals surface area contributed by atoms with Crippen LogP contribution in [-0.2, 0) is 5.41 Å². The van der Waals surface area contributed by atoms with Crippen LogP contribution in [-0.4, -0.2) is 4.33 Å². The lowest BCUT2D eigenvalue weighted by Crippen LogP contribution is -2.10. The monoisotopic (exact) mass is 228 g/mol. The molecular weight excluding hydrogens is 215 g/mol. The van der Waals surface area contributed by atoms with Gasteiger partial charge < -0.3 is 0 Å². The zero-order valence-corrected chi connectivity index (χ0v) is 10.2. The summed E-state index contributed by atoms with van der Waals surface area (Å²) in [6, 6.07) is 10.2. The van der Waals surface area contributed by atoms with Crippen LogP contribution in [0, 0.1) is 5.41 Å². The van der Waals surface area contributed by atoms with Crippen molar-refractivity contribution in [2.24, 2.45) is 5.41 Å². The molecule has 0 bridgehead atoms. The molecule has 1 aromatic carbocycles. The number of alkyl halides is 2. The highest BCUT2D eigenvalue weighted by atomic mass is 35.5. The van der Waals surface area contributed by atoms with Crippen molar-refractivity contribution >= 4 is 23.2 Å². The van der Waals surface area contributed by atoms with Gasteiger partial charge in [-0.15, -0.1) is 23.2 Å². The summed E-state index contributed by atoms with van der Waals surface area (Å²) in [4.78, 5) is 0. The van der Waals surface area contributed by atoms with Crippen LogP contribution in [0.2, 0.25) is 0 Å². The van der Waals surface area contributed by atoms with E-state index < -0.39 is 4.33 Å². The Hall–Kier alpha value is -0.200. The Morgan fingerprint density at radius 1 is 0.929 bits per heavy atom. The topological polar surface area (TPSA) is 0 Å². The lowest BCUT2D eigenvalue weighted by molar-refractivity contribution is 0.527. The van der Waals surface area contributed by atoms with E-state index >= 15 is 0 Å². The molecule has 0 radical (unpaired) electrons. The number of hydrogen-bond donors (Lipinski definition) is 0. The van der Waals surface area contributed by atoms with E-state index in [9.17, 15) is 0 Å². The first-order valence-electron chi connectivity index (χ1n) is 4.79. The first-order valence-corrected chi connectivity index (χ1v) is 5.54. The van der Waals surface area contributed by atoms with E-state index in [0.29, 0.717) is 0 Å². The Labute approximate surface area is 95.2 Å². The van der Waals surface area contributed by atoms with E-state index in [1.54, 1.807) is 0 Å². The fourth-order valence-electron chi connectivity index (χ4n) is 2.29. The molecule has 1 fully saturated rings. The summed E-state index contributed by atoms with van der Waals surface area (Å²) < 4.78 is -0.651. The van der Waals surface area contributed by atoms with Gasteiger partial charge in [-0.1, -0.05) is 51.1 Å². The van der Waals surface area contributed by atoms with Crippen LogP contribution < -0.4 is 0 Å². The lowest BCUT2D eigenvalue weighted by atomic mass is 9.90. The van der Waals surface area contributed by atoms with Gasteiger partial charge in [-0.05, 0) is 5.56 Å². The zero-order chi connectivity index (χ0) is 10.6. The van der Waals surface area contributed by atoms with Gasteiger partial charge in [0.1, 0.15) is 4.33 Å². The van der Waals surface area contributed by atoms with Crippen LogP contribution in [0.5, 0.6) is 0 Å². The van der Waals surface area contributed by atoms with E-state index in [-0.39, 0.29) is 10.8 Å². The van der Waals surface area contributed by atoms with Gasteiger partial charge in [0.2, 0.25) is 0 Å². The molecule has 1 aliphatic carbocycles. The third-order valence-corrected chi connectivity index (χ3v) is 5.65. The maximum absolute atomic E-state index is 6.34. The number of hydrogen-bond acceptors (Lipinski definition) is 0. The van der Waals surface area contributed by atoms with Crippen molar-refractivity contribution in [3.63, 3.8) is 0 Å². The Morgan fingerprint density at radius 3 is 1.71 bits per heavy atom. The molecule has 2 heteroatoms.